The van der Waals surface area contributed by atoms with Crippen LogP contribution >= 0.6 is 11.3 Å². The summed E-state index contributed by atoms with van der Waals surface area (Å²) < 4.78 is 7.54. The minimum Gasteiger partial charge on any atom is -0.309 e. The maximum absolute atomic E-state index is 5.46. The van der Waals surface area contributed by atoms with E-state index < -0.39 is 0 Å². The minimum absolute atomic E-state index is 0.872. The van der Waals surface area contributed by atoms with Crippen molar-refractivity contribution in [1.29, 1.82) is 0 Å². The quantitative estimate of drug-likeness (QED) is 0.177. The van der Waals surface area contributed by atoms with Crippen LogP contribution in [-0.2, 0) is 0 Å². The predicted octanol–water partition coefficient (Wildman–Crippen LogP) is 17.0. The molecule has 0 aliphatic rings. The summed E-state index contributed by atoms with van der Waals surface area (Å²) in [5, 5.41) is 14.6. The monoisotopic (exact) mass is 868 g/mol. The zero-order valence-electron chi connectivity index (χ0n) is 36.0. The van der Waals surface area contributed by atoms with Gasteiger partial charge in [-0.15, -0.1) is 11.3 Å². The topological polar surface area (TPSA) is 35.6 Å². The highest BCUT2D eigenvalue weighted by Crippen LogP contribution is 2.44. The lowest BCUT2D eigenvalue weighted by atomic mass is 9.96. The van der Waals surface area contributed by atoms with E-state index in [0.717, 1.165) is 66.7 Å². The molecule has 0 aliphatic heterocycles. The predicted molar refractivity (Wildman–Crippen MR) is 284 cm³/mol. The Hall–Kier alpha value is -8.64. The number of aromatic nitrogens is 4. The van der Waals surface area contributed by atoms with E-state index in [0.29, 0.717) is 0 Å². The molecule has 0 bridgehead atoms. The molecule has 0 aliphatic carbocycles. The van der Waals surface area contributed by atoms with Crippen LogP contribution in [0.2, 0.25) is 0 Å². The van der Waals surface area contributed by atoms with Gasteiger partial charge in [0.2, 0.25) is 0 Å². The van der Waals surface area contributed by atoms with Gasteiger partial charge < -0.3 is 9.13 Å². The Bertz CT molecular complexity index is 4590. The molecule has 0 radical (unpaired) electrons. The molecule has 0 saturated carbocycles. The van der Waals surface area contributed by atoms with Gasteiger partial charge in [-0.25, -0.2) is 9.97 Å². The average Bonchev–Trinajstić information content (AvgIpc) is 4.04. The van der Waals surface area contributed by atoms with Crippen LogP contribution < -0.4 is 0 Å². The van der Waals surface area contributed by atoms with Crippen LogP contribution in [0.5, 0.6) is 0 Å². The van der Waals surface area contributed by atoms with E-state index in [2.05, 4.69) is 215 Å². The second-order valence-electron chi connectivity index (χ2n) is 17.7. The normalized spacial score (nSPS) is 12.2. The smallest absolute Gasteiger partial charge is 0.0979 e. The van der Waals surface area contributed by atoms with Crippen LogP contribution in [0.25, 0.3) is 141 Å². The van der Waals surface area contributed by atoms with Crippen molar-refractivity contribution in [2.45, 2.75) is 0 Å². The summed E-state index contributed by atoms with van der Waals surface area (Å²) in [5.74, 6) is 0. The van der Waals surface area contributed by atoms with Crippen molar-refractivity contribution in [3.05, 3.63) is 218 Å². The van der Waals surface area contributed by atoms with Gasteiger partial charge in [-0.1, -0.05) is 152 Å². The summed E-state index contributed by atoms with van der Waals surface area (Å²) >= 11 is 1.83. The van der Waals surface area contributed by atoms with Gasteiger partial charge in [0.1, 0.15) is 0 Å². The molecule has 67 heavy (non-hydrogen) atoms. The minimum atomic E-state index is 0.872. The zero-order valence-corrected chi connectivity index (χ0v) is 36.8. The van der Waals surface area contributed by atoms with Crippen molar-refractivity contribution in [2.24, 2.45) is 0 Å². The lowest BCUT2D eigenvalue weighted by molar-refractivity contribution is 1.19. The van der Waals surface area contributed by atoms with Crippen molar-refractivity contribution in [2.75, 3.05) is 0 Å². The first-order valence-corrected chi connectivity index (χ1v) is 23.6. The molecule has 15 rings (SSSR count). The van der Waals surface area contributed by atoms with Gasteiger partial charge in [-0.2, -0.15) is 0 Å². The van der Waals surface area contributed by atoms with Crippen LogP contribution in [0.1, 0.15) is 0 Å². The first-order chi connectivity index (χ1) is 33.2. The van der Waals surface area contributed by atoms with Gasteiger partial charge in [0.15, 0.2) is 0 Å². The molecule has 15 aromatic rings. The molecule has 0 atom stereocenters. The second-order valence-corrected chi connectivity index (χ2v) is 18.7. The van der Waals surface area contributed by atoms with E-state index in [-0.39, 0.29) is 0 Å². The molecular weight excluding hydrogens is 833 g/mol. The van der Waals surface area contributed by atoms with Gasteiger partial charge in [0.25, 0.3) is 0 Å². The fourth-order valence-electron chi connectivity index (χ4n) is 11.1. The number of hydrogen-bond acceptors (Lipinski definition) is 3. The van der Waals surface area contributed by atoms with Crippen molar-refractivity contribution in [1.82, 2.24) is 19.1 Å². The number of fused-ring (bicyclic) bond motifs is 14. The van der Waals surface area contributed by atoms with Crippen LogP contribution in [0, 0.1) is 0 Å². The summed E-state index contributed by atoms with van der Waals surface area (Å²) in [4.78, 5) is 10.9. The van der Waals surface area contributed by atoms with E-state index in [4.69, 9.17) is 9.97 Å². The summed E-state index contributed by atoms with van der Waals surface area (Å²) in [6, 6.07) is 79.7. The van der Waals surface area contributed by atoms with Gasteiger partial charge >= 0.3 is 0 Å². The van der Waals surface area contributed by atoms with E-state index >= 15 is 0 Å². The van der Waals surface area contributed by atoms with Crippen molar-refractivity contribution >= 4 is 118 Å². The standard InChI is InChI=1S/C62H36N4S/c1-2-16-40-37(14-1)30-32-47-43-17-3-9-26-55(43)66(62(40)47)56-27-11-15-38-34-49-44-18-4-8-25-53(44)65(57(49)36-48(38)56)54-28-13-20-41-42(54)21-12-22-46(41)61-60(63-51-23-6-7-24-52(51)64-61)39-31-33-59-50(35-39)45-19-5-10-29-58(45)67-59/h1-36H. The highest BCUT2D eigenvalue weighted by Gasteiger charge is 2.22. The maximum Gasteiger partial charge on any atom is 0.0979 e. The molecule has 0 fully saturated rings. The Balaban J connectivity index is 0.991. The SMILES string of the molecule is c1cc(-n2c3ccccc3c3ccc4ccccc4c32)c2cc3c(cc2c1)c1ccccc1n3-c1cccc2c(-c3nc4ccccc4nc3-c3ccc4sc5ccccc5c4c3)cccc12. The van der Waals surface area contributed by atoms with E-state index in [9.17, 15) is 0 Å². The Morgan fingerprint density at radius 2 is 0.925 bits per heavy atom. The van der Waals surface area contributed by atoms with Crippen molar-refractivity contribution in [3.63, 3.8) is 0 Å². The fraction of sp³-hybridized carbons (Fsp3) is 0. The summed E-state index contributed by atoms with van der Waals surface area (Å²) in [6.45, 7) is 0. The number of nitrogens with zero attached hydrogens (tertiary/aromatic N) is 4. The zero-order chi connectivity index (χ0) is 43.7. The Morgan fingerprint density at radius 3 is 1.78 bits per heavy atom. The summed E-state index contributed by atoms with van der Waals surface area (Å²) in [6.07, 6.45) is 0. The van der Waals surface area contributed by atoms with Crippen LogP contribution in [0.15, 0.2) is 218 Å². The molecule has 0 N–H and O–H groups in total. The molecule has 11 aromatic carbocycles. The number of thiophene rings is 1. The molecule has 310 valence electrons. The van der Waals surface area contributed by atoms with E-state index in [1.54, 1.807) is 0 Å². The van der Waals surface area contributed by atoms with Gasteiger partial charge in [0, 0.05) is 69.0 Å². The Kier molecular flexibility index (Phi) is 7.63. The molecule has 0 saturated heterocycles. The summed E-state index contributed by atoms with van der Waals surface area (Å²) in [5.41, 5.74) is 12.6. The third kappa shape index (κ3) is 5.29. The summed E-state index contributed by atoms with van der Waals surface area (Å²) in [7, 11) is 0. The van der Waals surface area contributed by atoms with Crippen LogP contribution in [0.3, 0.4) is 0 Å². The molecule has 4 aromatic heterocycles. The van der Waals surface area contributed by atoms with Crippen molar-refractivity contribution < 1.29 is 0 Å². The van der Waals surface area contributed by atoms with Gasteiger partial charge in [0.05, 0.1) is 55.9 Å². The molecule has 4 heterocycles. The third-order valence-electron chi connectivity index (χ3n) is 14.1. The lowest BCUT2D eigenvalue weighted by Crippen LogP contribution is -1.99. The molecule has 0 amide bonds. The van der Waals surface area contributed by atoms with E-state index in [1.165, 1.54) is 74.3 Å². The highest BCUT2D eigenvalue weighted by atomic mass is 32.1. The highest BCUT2D eigenvalue weighted by molar-refractivity contribution is 7.25. The molecule has 5 heteroatoms. The Labute approximate surface area is 387 Å². The molecule has 0 spiro atoms. The fourth-order valence-corrected chi connectivity index (χ4v) is 12.2. The van der Waals surface area contributed by atoms with E-state index in [1.807, 2.05) is 23.5 Å². The first kappa shape index (κ1) is 36.7. The largest absolute Gasteiger partial charge is 0.309 e. The van der Waals surface area contributed by atoms with Crippen LogP contribution in [-0.4, -0.2) is 19.1 Å². The average molecular weight is 869 g/mol. The van der Waals surface area contributed by atoms with Crippen molar-refractivity contribution in [3.8, 4) is 33.9 Å². The lowest BCUT2D eigenvalue weighted by Gasteiger charge is -2.16. The molecular formula is C62H36N4S. The van der Waals surface area contributed by atoms with Gasteiger partial charge in [-0.3, -0.25) is 0 Å². The molecule has 4 nitrogen and oxygen atoms in total. The maximum atomic E-state index is 5.46. The molecule has 0 unspecified atom stereocenters. The number of benzene rings is 11. The number of para-hydroxylation sites is 4. The Morgan fingerprint density at radius 1 is 0.313 bits per heavy atom. The first-order valence-electron chi connectivity index (χ1n) is 22.8. The number of rotatable bonds is 4. The third-order valence-corrected chi connectivity index (χ3v) is 15.2. The van der Waals surface area contributed by atoms with Gasteiger partial charge in [-0.05, 0) is 82.9 Å². The second kappa shape index (κ2) is 13.9. The van der Waals surface area contributed by atoms with Crippen LogP contribution in [0.4, 0.5) is 0 Å². The number of hydrogen-bond donors (Lipinski definition) is 0.